The number of rotatable bonds is 3. The molecule has 32 heavy (non-hydrogen) atoms. The predicted octanol–water partition coefficient (Wildman–Crippen LogP) is 3.12. The summed E-state index contributed by atoms with van der Waals surface area (Å²) in [6.45, 7) is 6.30. The first-order chi connectivity index (χ1) is 15.2. The first-order valence-corrected chi connectivity index (χ1v) is 13.4. The van der Waals surface area contributed by atoms with Gasteiger partial charge in [-0.3, -0.25) is 4.79 Å². The van der Waals surface area contributed by atoms with Gasteiger partial charge in [-0.15, -0.1) is 0 Å². The summed E-state index contributed by atoms with van der Waals surface area (Å²) in [5.41, 5.74) is 2.38. The number of hydrogen-bond donors (Lipinski definition) is 1. The van der Waals surface area contributed by atoms with Gasteiger partial charge in [0.2, 0.25) is 10.0 Å². The lowest BCUT2D eigenvalue weighted by Crippen LogP contribution is -2.60. The van der Waals surface area contributed by atoms with E-state index in [1.165, 1.54) is 11.1 Å². The van der Waals surface area contributed by atoms with E-state index in [0.29, 0.717) is 25.5 Å². The van der Waals surface area contributed by atoms with Crippen LogP contribution in [0.25, 0.3) is 0 Å². The molecule has 1 saturated carbocycles. The number of amides is 1. The van der Waals surface area contributed by atoms with Crippen LogP contribution in [0.1, 0.15) is 69.4 Å². The molecule has 8 heteroatoms. The molecule has 2 fully saturated rings. The van der Waals surface area contributed by atoms with Gasteiger partial charge in [0, 0.05) is 12.6 Å². The SMILES string of the molecule is Cc1ccc2c(c1)C1CCC(CC1)OC[C@H]1[C@@H](NS(=O)(=O)C(C)C)CCCN1C(=O)CO2. The zero-order valence-corrected chi connectivity index (χ0v) is 20.2. The number of piperidine rings is 1. The third-order valence-electron chi connectivity index (χ3n) is 7.17. The number of fused-ring (bicyclic) bond motifs is 5. The van der Waals surface area contributed by atoms with Crippen molar-refractivity contribution >= 4 is 15.9 Å². The number of nitrogens with one attached hydrogen (secondary N) is 1. The molecule has 178 valence electrons. The Bertz CT molecular complexity index is 924. The smallest absolute Gasteiger partial charge is 0.260 e. The molecule has 3 aliphatic heterocycles. The number of ether oxygens (including phenoxy) is 2. The third-order valence-corrected chi connectivity index (χ3v) is 9.04. The van der Waals surface area contributed by atoms with Gasteiger partial charge in [-0.25, -0.2) is 13.1 Å². The van der Waals surface area contributed by atoms with Crippen molar-refractivity contribution in [1.82, 2.24) is 9.62 Å². The normalized spacial score (nSPS) is 29.4. The first kappa shape index (κ1) is 23.5. The minimum Gasteiger partial charge on any atom is -0.483 e. The summed E-state index contributed by atoms with van der Waals surface area (Å²) < 4.78 is 40.4. The van der Waals surface area contributed by atoms with Crippen molar-refractivity contribution in [1.29, 1.82) is 0 Å². The monoisotopic (exact) mass is 464 g/mol. The topological polar surface area (TPSA) is 84.9 Å². The molecule has 1 aromatic rings. The van der Waals surface area contributed by atoms with E-state index in [1.807, 2.05) is 12.1 Å². The summed E-state index contributed by atoms with van der Waals surface area (Å²) in [6, 6.07) is 5.51. The van der Waals surface area contributed by atoms with Crippen LogP contribution in [-0.2, 0) is 19.6 Å². The summed E-state index contributed by atoms with van der Waals surface area (Å²) >= 11 is 0. The average Bonchev–Trinajstić information content (AvgIpc) is 2.78. The van der Waals surface area contributed by atoms with Gasteiger partial charge in [-0.1, -0.05) is 17.7 Å². The summed E-state index contributed by atoms with van der Waals surface area (Å²) in [6.07, 6.45) is 5.55. The molecular formula is C24H36N2O5S. The number of benzene rings is 1. The Morgan fingerprint density at radius 3 is 2.59 bits per heavy atom. The van der Waals surface area contributed by atoms with Crippen molar-refractivity contribution in [3.05, 3.63) is 29.3 Å². The standard InChI is InChI=1S/C24H36N2O5S/c1-16(2)32(28,29)25-21-5-4-12-26-22(21)14-30-19-9-7-18(8-10-19)20-13-17(3)6-11-23(20)31-15-24(26)27/h6,11,13,16,18-19,21-22,25H,4-5,7-10,12,14-15H2,1-3H3/t18?,19?,21-,22-/m0/s1. The number of carbonyl (C=O) groups is 1. The van der Waals surface area contributed by atoms with Crippen molar-refractivity contribution in [3.63, 3.8) is 0 Å². The summed E-state index contributed by atoms with van der Waals surface area (Å²) in [4.78, 5) is 15.0. The first-order valence-electron chi connectivity index (χ1n) is 11.9. The Morgan fingerprint density at radius 2 is 1.88 bits per heavy atom. The number of hydrogen-bond acceptors (Lipinski definition) is 5. The second kappa shape index (κ2) is 9.69. The van der Waals surface area contributed by atoms with Crippen molar-refractivity contribution in [2.24, 2.45) is 0 Å². The van der Waals surface area contributed by atoms with Crippen LogP contribution in [-0.4, -0.2) is 62.4 Å². The molecule has 0 unspecified atom stereocenters. The van der Waals surface area contributed by atoms with Gasteiger partial charge in [0.1, 0.15) is 5.75 Å². The van der Waals surface area contributed by atoms with Crippen LogP contribution < -0.4 is 9.46 Å². The number of sulfonamides is 1. The number of nitrogens with zero attached hydrogens (tertiary/aromatic N) is 1. The molecule has 1 saturated heterocycles. The fourth-order valence-corrected chi connectivity index (χ4v) is 6.14. The maximum absolute atomic E-state index is 13.2. The van der Waals surface area contributed by atoms with E-state index in [9.17, 15) is 13.2 Å². The summed E-state index contributed by atoms with van der Waals surface area (Å²) in [7, 11) is -3.45. The summed E-state index contributed by atoms with van der Waals surface area (Å²) in [5.74, 6) is 1.08. The Morgan fingerprint density at radius 1 is 1.12 bits per heavy atom. The minimum atomic E-state index is -3.45. The van der Waals surface area contributed by atoms with Gasteiger partial charge in [0.05, 0.1) is 24.0 Å². The Hall–Kier alpha value is -1.64. The van der Waals surface area contributed by atoms with Crippen LogP contribution in [0.4, 0.5) is 0 Å². The van der Waals surface area contributed by atoms with Crippen molar-refractivity contribution in [2.75, 3.05) is 19.8 Å². The van der Waals surface area contributed by atoms with Gasteiger partial charge in [0.25, 0.3) is 5.91 Å². The van der Waals surface area contributed by atoms with Crippen LogP contribution in [0, 0.1) is 6.92 Å². The van der Waals surface area contributed by atoms with Gasteiger partial charge in [0.15, 0.2) is 6.61 Å². The lowest BCUT2D eigenvalue weighted by atomic mass is 9.82. The summed E-state index contributed by atoms with van der Waals surface area (Å²) in [5, 5.41) is -0.525. The zero-order valence-electron chi connectivity index (χ0n) is 19.4. The molecule has 1 N–H and O–H groups in total. The molecule has 0 spiro atoms. The molecule has 1 aliphatic carbocycles. The molecule has 2 bridgehead atoms. The highest BCUT2D eigenvalue weighted by Gasteiger charge is 2.38. The van der Waals surface area contributed by atoms with Crippen molar-refractivity contribution in [2.45, 2.75) is 88.7 Å². The van der Waals surface area contributed by atoms with E-state index in [0.717, 1.165) is 37.9 Å². The van der Waals surface area contributed by atoms with Gasteiger partial charge in [-0.2, -0.15) is 0 Å². The van der Waals surface area contributed by atoms with Crippen LogP contribution in [0.2, 0.25) is 0 Å². The number of carbonyl (C=O) groups excluding carboxylic acids is 1. The van der Waals surface area contributed by atoms with E-state index < -0.39 is 15.3 Å². The Labute approximate surface area is 191 Å². The zero-order chi connectivity index (χ0) is 22.9. The molecule has 3 heterocycles. The molecule has 4 aliphatic rings. The van der Waals surface area contributed by atoms with Crippen LogP contribution in [0.5, 0.6) is 5.75 Å². The van der Waals surface area contributed by atoms with E-state index in [1.54, 1.807) is 18.7 Å². The Kier molecular flexibility index (Phi) is 7.12. The minimum absolute atomic E-state index is 0.0492. The fraction of sp³-hybridized carbons (Fsp3) is 0.708. The molecule has 0 radical (unpaired) electrons. The van der Waals surface area contributed by atoms with Crippen LogP contribution in [0.3, 0.4) is 0 Å². The molecule has 5 rings (SSSR count). The quantitative estimate of drug-likeness (QED) is 0.743. The second-order valence-electron chi connectivity index (χ2n) is 9.75. The lowest BCUT2D eigenvalue weighted by molar-refractivity contribution is -0.140. The third kappa shape index (κ3) is 5.13. The van der Waals surface area contributed by atoms with E-state index >= 15 is 0 Å². The predicted molar refractivity (Wildman–Crippen MR) is 123 cm³/mol. The number of aryl methyl sites for hydroxylation is 1. The highest BCUT2D eigenvalue weighted by Crippen LogP contribution is 2.39. The molecule has 1 aromatic carbocycles. The van der Waals surface area contributed by atoms with Crippen molar-refractivity contribution < 1.29 is 22.7 Å². The Balaban J connectivity index is 1.61. The highest BCUT2D eigenvalue weighted by atomic mass is 32.2. The largest absolute Gasteiger partial charge is 0.483 e. The van der Waals surface area contributed by atoms with Gasteiger partial charge in [-0.05, 0) is 76.8 Å². The van der Waals surface area contributed by atoms with Gasteiger partial charge < -0.3 is 14.4 Å². The molecule has 0 aromatic heterocycles. The van der Waals surface area contributed by atoms with E-state index in [2.05, 4.69) is 17.7 Å². The van der Waals surface area contributed by atoms with Gasteiger partial charge >= 0.3 is 0 Å². The maximum Gasteiger partial charge on any atom is 0.260 e. The van der Waals surface area contributed by atoms with Crippen molar-refractivity contribution in [3.8, 4) is 5.75 Å². The maximum atomic E-state index is 13.2. The molecule has 2 atom stereocenters. The van der Waals surface area contributed by atoms with Crippen LogP contribution >= 0.6 is 0 Å². The van der Waals surface area contributed by atoms with Crippen LogP contribution in [0.15, 0.2) is 18.2 Å². The average molecular weight is 465 g/mol. The second-order valence-corrected chi connectivity index (χ2v) is 12.0. The van der Waals surface area contributed by atoms with E-state index in [-0.39, 0.29) is 30.7 Å². The molecular weight excluding hydrogens is 428 g/mol. The fourth-order valence-electron chi connectivity index (χ4n) is 5.17. The lowest BCUT2D eigenvalue weighted by Gasteiger charge is -2.42. The molecule has 7 nitrogen and oxygen atoms in total. The molecule has 1 amide bonds. The highest BCUT2D eigenvalue weighted by molar-refractivity contribution is 7.90. The van der Waals surface area contributed by atoms with E-state index in [4.69, 9.17) is 9.47 Å².